The third-order valence-corrected chi connectivity index (χ3v) is 5.32. The molecule has 2 aromatic rings. The average molecular weight is 371 g/mol. The maximum Gasteiger partial charge on any atom is 0.191 e. The smallest absolute Gasteiger partial charge is 0.191 e. The molecular formula is C19H29N7O. The van der Waals surface area contributed by atoms with Crippen LogP contribution in [0.3, 0.4) is 0 Å². The summed E-state index contributed by atoms with van der Waals surface area (Å²) in [7, 11) is 0. The van der Waals surface area contributed by atoms with E-state index in [4.69, 9.17) is 9.41 Å². The van der Waals surface area contributed by atoms with Gasteiger partial charge in [-0.15, -0.1) is 10.2 Å². The molecule has 0 aromatic carbocycles. The molecule has 0 aliphatic carbocycles. The van der Waals surface area contributed by atoms with E-state index in [0.29, 0.717) is 6.54 Å². The Hall–Kier alpha value is -2.35. The third-order valence-electron chi connectivity index (χ3n) is 5.32. The zero-order chi connectivity index (χ0) is 18.5. The summed E-state index contributed by atoms with van der Waals surface area (Å²) in [5, 5.41) is 15.4. The lowest BCUT2D eigenvalue weighted by Crippen LogP contribution is -2.42. The number of rotatable bonds is 7. The van der Waals surface area contributed by atoms with Gasteiger partial charge in [0.25, 0.3) is 0 Å². The van der Waals surface area contributed by atoms with Crippen LogP contribution in [0.15, 0.2) is 27.8 Å². The van der Waals surface area contributed by atoms with E-state index in [-0.39, 0.29) is 6.04 Å². The van der Waals surface area contributed by atoms with Gasteiger partial charge >= 0.3 is 0 Å². The van der Waals surface area contributed by atoms with E-state index in [9.17, 15) is 0 Å². The normalized spacial score (nSPS) is 18.6. The molecule has 4 rings (SSSR count). The maximum atomic E-state index is 5.71. The summed E-state index contributed by atoms with van der Waals surface area (Å²) in [5.41, 5.74) is 0. The Labute approximate surface area is 160 Å². The van der Waals surface area contributed by atoms with Gasteiger partial charge in [0.15, 0.2) is 11.8 Å². The second-order valence-corrected chi connectivity index (χ2v) is 7.14. The van der Waals surface area contributed by atoms with Crippen LogP contribution in [0, 0.1) is 0 Å². The van der Waals surface area contributed by atoms with Gasteiger partial charge in [-0.2, -0.15) is 0 Å². The van der Waals surface area contributed by atoms with Crippen molar-refractivity contribution in [1.29, 1.82) is 0 Å². The number of likely N-dealkylation sites (tertiary alicyclic amines) is 1. The van der Waals surface area contributed by atoms with Crippen LogP contribution in [0.4, 0.5) is 0 Å². The minimum Gasteiger partial charge on any atom is -0.468 e. The molecule has 2 aromatic heterocycles. The topological polar surface area (TPSA) is 83.5 Å². The molecule has 0 bridgehead atoms. The quantitative estimate of drug-likeness (QED) is 0.569. The van der Waals surface area contributed by atoms with E-state index in [2.05, 4.69) is 43.3 Å². The van der Waals surface area contributed by atoms with Gasteiger partial charge in [-0.25, -0.2) is 4.99 Å². The lowest BCUT2D eigenvalue weighted by molar-refractivity contribution is 0.215. The van der Waals surface area contributed by atoms with Gasteiger partial charge < -0.3 is 19.6 Å². The van der Waals surface area contributed by atoms with Crippen molar-refractivity contribution in [3.05, 3.63) is 35.8 Å². The Kier molecular flexibility index (Phi) is 5.72. The highest BCUT2D eigenvalue weighted by atomic mass is 16.3. The molecule has 0 saturated carbocycles. The van der Waals surface area contributed by atoms with Gasteiger partial charge in [0.1, 0.15) is 18.1 Å². The van der Waals surface area contributed by atoms with Crippen molar-refractivity contribution in [2.75, 3.05) is 26.2 Å². The van der Waals surface area contributed by atoms with Crippen molar-refractivity contribution in [3.63, 3.8) is 0 Å². The highest BCUT2D eigenvalue weighted by Crippen LogP contribution is 2.24. The van der Waals surface area contributed by atoms with Gasteiger partial charge in [-0.1, -0.05) is 0 Å². The first-order chi connectivity index (χ1) is 13.3. The number of hydrogen-bond acceptors (Lipinski definition) is 5. The number of aliphatic imine (C=N–C) groups is 1. The predicted molar refractivity (Wildman–Crippen MR) is 103 cm³/mol. The summed E-state index contributed by atoms with van der Waals surface area (Å²) >= 11 is 0. The van der Waals surface area contributed by atoms with Gasteiger partial charge in [0, 0.05) is 26.1 Å². The second kappa shape index (κ2) is 8.56. The van der Waals surface area contributed by atoms with Crippen molar-refractivity contribution in [1.82, 2.24) is 30.3 Å². The molecule has 8 nitrogen and oxygen atoms in total. The fourth-order valence-electron chi connectivity index (χ4n) is 3.96. The Morgan fingerprint density at radius 3 is 2.89 bits per heavy atom. The highest BCUT2D eigenvalue weighted by Gasteiger charge is 2.25. The van der Waals surface area contributed by atoms with Gasteiger partial charge in [0.2, 0.25) is 0 Å². The third kappa shape index (κ3) is 4.16. The van der Waals surface area contributed by atoms with Gasteiger partial charge in [-0.3, -0.25) is 4.90 Å². The first-order valence-corrected chi connectivity index (χ1v) is 10.1. The molecule has 1 saturated heterocycles. The largest absolute Gasteiger partial charge is 0.468 e. The molecule has 2 aliphatic rings. The molecule has 1 atom stereocenters. The zero-order valence-corrected chi connectivity index (χ0v) is 16.0. The monoisotopic (exact) mass is 371 g/mol. The summed E-state index contributed by atoms with van der Waals surface area (Å²) in [6.45, 7) is 7.44. The molecule has 0 spiro atoms. The molecule has 1 fully saturated rings. The van der Waals surface area contributed by atoms with Crippen LogP contribution in [0.5, 0.6) is 0 Å². The van der Waals surface area contributed by atoms with E-state index >= 15 is 0 Å². The van der Waals surface area contributed by atoms with Gasteiger partial charge in [-0.05, 0) is 51.4 Å². The molecule has 2 N–H and O–H groups in total. The number of nitrogens with one attached hydrogen (secondary N) is 2. The van der Waals surface area contributed by atoms with E-state index in [1.807, 2.05) is 6.07 Å². The van der Waals surface area contributed by atoms with Crippen molar-refractivity contribution in [3.8, 4) is 0 Å². The Bertz CT molecular complexity index is 746. The van der Waals surface area contributed by atoms with Crippen molar-refractivity contribution >= 4 is 5.96 Å². The lowest BCUT2D eigenvalue weighted by Gasteiger charge is -2.26. The highest BCUT2D eigenvalue weighted by molar-refractivity contribution is 5.79. The lowest BCUT2D eigenvalue weighted by atomic mass is 10.2. The molecule has 2 aliphatic heterocycles. The molecule has 4 heterocycles. The van der Waals surface area contributed by atoms with Gasteiger partial charge in [0.05, 0.1) is 12.3 Å². The number of guanidine groups is 1. The van der Waals surface area contributed by atoms with Crippen LogP contribution >= 0.6 is 0 Å². The zero-order valence-electron chi connectivity index (χ0n) is 16.0. The molecule has 146 valence electrons. The van der Waals surface area contributed by atoms with E-state index in [1.54, 1.807) is 6.26 Å². The molecule has 27 heavy (non-hydrogen) atoms. The second-order valence-electron chi connectivity index (χ2n) is 7.14. The fraction of sp³-hybridized carbons (Fsp3) is 0.632. The van der Waals surface area contributed by atoms with E-state index in [1.165, 1.54) is 12.8 Å². The number of aryl methyl sites for hydroxylation is 1. The number of hydrogen-bond donors (Lipinski definition) is 2. The minimum atomic E-state index is 0.226. The number of nitrogens with zero attached hydrogens (tertiary/aromatic N) is 5. The summed E-state index contributed by atoms with van der Waals surface area (Å²) < 4.78 is 7.90. The minimum absolute atomic E-state index is 0.226. The molecule has 0 radical (unpaired) electrons. The standard InChI is InChI=1S/C19H29N7O/c1-2-20-19(22-14-18-24-23-17-8-5-11-26(17)18)21-13-15(16-7-6-12-27-16)25-9-3-4-10-25/h6-7,12,15H,2-5,8-11,13-14H2,1H3,(H2,20,21,22). The van der Waals surface area contributed by atoms with Crippen molar-refractivity contribution < 1.29 is 4.42 Å². The summed E-state index contributed by atoms with van der Waals surface area (Å²) in [6, 6.07) is 4.25. The van der Waals surface area contributed by atoms with Crippen LogP contribution in [0.1, 0.15) is 49.6 Å². The van der Waals surface area contributed by atoms with Crippen LogP contribution in [0.25, 0.3) is 0 Å². The van der Waals surface area contributed by atoms with E-state index < -0.39 is 0 Å². The molecule has 1 unspecified atom stereocenters. The molecule has 8 heteroatoms. The summed E-state index contributed by atoms with van der Waals surface area (Å²) in [6.07, 6.45) is 6.44. The Balaban J connectivity index is 1.42. The number of furan rings is 1. The fourth-order valence-corrected chi connectivity index (χ4v) is 3.96. The first-order valence-electron chi connectivity index (χ1n) is 10.1. The average Bonchev–Trinajstić information content (AvgIpc) is 3.46. The maximum absolute atomic E-state index is 5.71. The van der Waals surface area contributed by atoms with E-state index in [0.717, 1.165) is 68.9 Å². The SMILES string of the molecule is CCNC(=NCc1nnc2n1CCC2)NCC(c1ccco1)N1CCCC1. The molecular weight excluding hydrogens is 342 g/mol. The van der Waals surface area contributed by atoms with Crippen LogP contribution in [-0.2, 0) is 19.5 Å². The number of aromatic nitrogens is 3. The van der Waals surface area contributed by atoms with Crippen LogP contribution in [-0.4, -0.2) is 51.8 Å². The van der Waals surface area contributed by atoms with Crippen molar-refractivity contribution in [2.24, 2.45) is 4.99 Å². The Morgan fingerprint density at radius 2 is 2.11 bits per heavy atom. The van der Waals surface area contributed by atoms with Crippen LogP contribution in [0.2, 0.25) is 0 Å². The van der Waals surface area contributed by atoms with Crippen LogP contribution < -0.4 is 10.6 Å². The molecule has 0 amide bonds. The summed E-state index contributed by atoms with van der Waals surface area (Å²) in [5.74, 6) is 3.85. The van der Waals surface area contributed by atoms with Crippen molar-refractivity contribution in [2.45, 2.75) is 51.7 Å². The predicted octanol–water partition coefficient (Wildman–Crippen LogP) is 1.71. The summed E-state index contributed by atoms with van der Waals surface area (Å²) in [4.78, 5) is 7.22. The Morgan fingerprint density at radius 1 is 1.22 bits per heavy atom. The first kappa shape index (κ1) is 18.0. The number of fused-ring (bicyclic) bond motifs is 1.